The SMILES string of the molecule is CC1(C)c2ccccc2-c2ccc(N(c3ccc4c5ccccc5c5ccccc5c4c3)c3cccc4oc5c(-c6cccc7c6oc6ccccc67)c6ccccc6cc5c34)cc21. The monoisotopic (exact) mass is 817 g/mol. The fraction of sp³-hybridized carbons (Fsp3) is 0.0492. The lowest BCUT2D eigenvalue weighted by molar-refractivity contribution is 0.660. The third-order valence-corrected chi connectivity index (χ3v) is 14.2. The van der Waals surface area contributed by atoms with Crippen molar-refractivity contribution in [3.05, 3.63) is 211 Å². The van der Waals surface area contributed by atoms with E-state index in [0.29, 0.717) is 0 Å². The van der Waals surface area contributed by atoms with Crippen molar-refractivity contribution in [2.75, 3.05) is 4.90 Å². The maximum Gasteiger partial charge on any atom is 0.144 e. The summed E-state index contributed by atoms with van der Waals surface area (Å²) in [6.07, 6.45) is 0. The second kappa shape index (κ2) is 12.9. The standard InChI is InChI=1S/C61H39NO2/c1-61(2)52-25-11-9-21-45(52)46-32-30-38(35-53(46)61)62(37-29-31-44-42-19-6-5-17-40(42)41-18-7-8-20-43(41)50(44)34-37)54-26-14-28-56-58(54)51-33-36-15-3-4-16-39(36)57(60(51)64-56)49-24-13-23-48-47-22-10-12-27-55(47)63-59(48)49/h3-35H,1-2H3. The number of benzene rings is 11. The molecular formula is C61H39NO2. The molecule has 11 aromatic carbocycles. The highest BCUT2D eigenvalue weighted by Crippen LogP contribution is 2.53. The van der Waals surface area contributed by atoms with Gasteiger partial charge in [0.05, 0.1) is 11.1 Å². The van der Waals surface area contributed by atoms with E-state index in [0.717, 1.165) is 82.8 Å². The van der Waals surface area contributed by atoms with Gasteiger partial charge in [-0.05, 0) is 114 Å². The highest BCUT2D eigenvalue weighted by molar-refractivity contribution is 6.27. The lowest BCUT2D eigenvalue weighted by Crippen LogP contribution is -2.16. The molecule has 13 aromatic rings. The van der Waals surface area contributed by atoms with E-state index < -0.39 is 0 Å². The minimum absolute atomic E-state index is 0.175. The molecule has 0 saturated heterocycles. The van der Waals surface area contributed by atoms with Crippen molar-refractivity contribution < 1.29 is 8.83 Å². The van der Waals surface area contributed by atoms with Crippen molar-refractivity contribution >= 4 is 104 Å². The molecule has 0 saturated carbocycles. The van der Waals surface area contributed by atoms with E-state index in [-0.39, 0.29) is 5.41 Å². The first-order valence-corrected chi connectivity index (χ1v) is 22.2. The summed E-state index contributed by atoms with van der Waals surface area (Å²) in [5.41, 5.74) is 13.8. The summed E-state index contributed by atoms with van der Waals surface area (Å²) in [6, 6.07) is 73.0. The quantitative estimate of drug-likeness (QED) is 0.166. The molecule has 0 aliphatic heterocycles. The summed E-state index contributed by atoms with van der Waals surface area (Å²) in [6.45, 7) is 4.72. The molecular weight excluding hydrogens is 779 g/mol. The molecule has 300 valence electrons. The number of hydrogen-bond donors (Lipinski definition) is 0. The van der Waals surface area contributed by atoms with Gasteiger partial charge in [0.25, 0.3) is 0 Å². The van der Waals surface area contributed by atoms with Gasteiger partial charge in [0.2, 0.25) is 0 Å². The lowest BCUT2D eigenvalue weighted by atomic mass is 9.82. The zero-order valence-corrected chi connectivity index (χ0v) is 35.3. The van der Waals surface area contributed by atoms with Gasteiger partial charge < -0.3 is 13.7 Å². The number of para-hydroxylation sites is 2. The number of hydrogen-bond acceptors (Lipinski definition) is 3. The smallest absolute Gasteiger partial charge is 0.144 e. The normalized spacial score (nSPS) is 13.3. The van der Waals surface area contributed by atoms with Crippen LogP contribution in [0.5, 0.6) is 0 Å². The Morgan fingerprint density at radius 2 is 0.922 bits per heavy atom. The van der Waals surface area contributed by atoms with Crippen LogP contribution in [0.1, 0.15) is 25.0 Å². The molecule has 0 atom stereocenters. The van der Waals surface area contributed by atoms with Crippen LogP contribution in [0.3, 0.4) is 0 Å². The fourth-order valence-electron chi connectivity index (χ4n) is 11.3. The predicted octanol–water partition coefficient (Wildman–Crippen LogP) is 17.5. The summed E-state index contributed by atoms with van der Waals surface area (Å²) < 4.78 is 13.9. The lowest BCUT2D eigenvalue weighted by Gasteiger charge is -2.29. The summed E-state index contributed by atoms with van der Waals surface area (Å²) in [5, 5.41) is 14.1. The molecule has 64 heavy (non-hydrogen) atoms. The maximum absolute atomic E-state index is 7.19. The molecule has 3 heteroatoms. The van der Waals surface area contributed by atoms with Crippen molar-refractivity contribution in [3.63, 3.8) is 0 Å². The van der Waals surface area contributed by atoms with Crippen molar-refractivity contribution in [2.45, 2.75) is 19.3 Å². The van der Waals surface area contributed by atoms with E-state index in [1.165, 1.54) is 54.6 Å². The Balaban J connectivity index is 1.08. The van der Waals surface area contributed by atoms with E-state index >= 15 is 0 Å². The van der Waals surface area contributed by atoms with Crippen LogP contribution in [0.15, 0.2) is 209 Å². The average Bonchev–Trinajstić information content (AvgIpc) is 3.99. The van der Waals surface area contributed by atoms with Crippen LogP contribution in [0.2, 0.25) is 0 Å². The minimum Gasteiger partial charge on any atom is -0.455 e. The Labute approximate surface area is 369 Å². The molecule has 0 radical (unpaired) electrons. The molecule has 0 fully saturated rings. The first-order chi connectivity index (χ1) is 31.5. The predicted molar refractivity (Wildman–Crippen MR) is 269 cm³/mol. The number of nitrogens with zero attached hydrogens (tertiary/aromatic N) is 1. The second-order valence-corrected chi connectivity index (χ2v) is 17.9. The van der Waals surface area contributed by atoms with Crippen LogP contribution >= 0.6 is 0 Å². The highest BCUT2D eigenvalue weighted by Gasteiger charge is 2.36. The van der Waals surface area contributed by atoms with E-state index in [4.69, 9.17) is 8.83 Å². The van der Waals surface area contributed by atoms with E-state index in [9.17, 15) is 0 Å². The number of rotatable bonds is 4. The summed E-state index contributed by atoms with van der Waals surface area (Å²) in [4.78, 5) is 2.47. The Morgan fingerprint density at radius 1 is 0.359 bits per heavy atom. The molecule has 0 unspecified atom stereocenters. The van der Waals surface area contributed by atoms with Gasteiger partial charge >= 0.3 is 0 Å². The van der Waals surface area contributed by atoms with E-state index in [1.54, 1.807) is 0 Å². The van der Waals surface area contributed by atoms with Gasteiger partial charge in [-0.25, -0.2) is 0 Å². The van der Waals surface area contributed by atoms with Crippen LogP contribution in [0, 0.1) is 0 Å². The van der Waals surface area contributed by atoms with Crippen LogP contribution in [-0.4, -0.2) is 0 Å². The third kappa shape index (κ3) is 4.81. The van der Waals surface area contributed by atoms with Gasteiger partial charge in [0.15, 0.2) is 0 Å². The van der Waals surface area contributed by atoms with E-state index in [1.807, 2.05) is 6.07 Å². The maximum atomic E-state index is 7.19. The van der Waals surface area contributed by atoms with Crippen LogP contribution in [0.4, 0.5) is 17.1 Å². The first kappa shape index (κ1) is 35.5. The Bertz CT molecular complexity index is 4090. The number of fused-ring (bicyclic) bond motifs is 16. The van der Waals surface area contributed by atoms with Crippen LogP contribution < -0.4 is 4.90 Å². The van der Waals surface area contributed by atoms with Gasteiger partial charge in [0.1, 0.15) is 22.3 Å². The Hall–Kier alpha value is -8.14. The molecule has 0 amide bonds. The summed E-state index contributed by atoms with van der Waals surface area (Å²) in [7, 11) is 0. The molecule has 1 aliphatic carbocycles. The molecule has 0 spiro atoms. The molecule has 3 nitrogen and oxygen atoms in total. The van der Waals surface area contributed by atoms with Crippen molar-refractivity contribution in [3.8, 4) is 22.3 Å². The minimum atomic E-state index is -0.175. The van der Waals surface area contributed by atoms with Gasteiger partial charge in [-0.2, -0.15) is 0 Å². The van der Waals surface area contributed by atoms with E-state index in [2.05, 4.69) is 213 Å². The molecule has 2 aromatic heterocycles. The summed E-state index contributed by atoms with van der Waals surface area (Å²) >= 11 is 0. The summed E-state index contributed by atoms with van der Waals surface area (Å²) in [5.74, 6) is 0. The molecule has 0 bridgehead atoms. The number of furan rings is 2. The molecule has 14 rings (SSSR count). The van der Waals surface area contributed by atoms with Gasteiger partial charge in [-0.1, -0.05) is 166 Å². The highest BCUT2D eigenvalue weighted by atomic mass is 16.3. The zero-order valence-electron chi connectivity index (χ0n) is 35.3. The first-order valence-electron chi connectivity index (χ1n) is 22.2. The van der Waals surface area contributed by atoms with Gasteiger partial charge in [-0.3, -0.25) is 0 Å². The van der Waals surface area contributed by atoms with Crippen molar-refractivity contribution in [1.29, 1.82) is 0 Å². The second-order valence-electron chi connectivity index (χ2n) is 17.9. The zero-order chi connectivity index (χ0) is 42.3. The van der Waals surface area contributed by atoms with Crippen molar-refractivity contribution in [1.82, 2.24) is 0 Å². The van der Waals surface area contributed by atoms with Crippen LogP contribution in [-0.2, 0) is 5.41 Å². The van der Waals surface area contributed by atoms with Crippen LogP contribution in [0.25, 0.3) is 109 Å². The fourth-order valence-corrected chi connectivity index (χ4v) is 11.3. The molecule has 1 aliphatic rings. The van der Waals surface area contributed by atoms with Gasteiger partial charge in [0, 0.05) is 44.1 Å². The molecule has 2 heterocycles. The largest absolute Gasteiger partial charge is 0.455 e. The third-order valence-electron chi connectivity index (χ3n) is 14.2. The number of anilines is 3. The average molecular weight is 818 g/mol. The van der Waals surface area contributed by atoms with Crippen molar-refractivity contribution in [2.24, 2.45) is 0 Å². The van der Waals surface area contributed by atoms with Gasteiger partial charge in [-0.15, -0.1) is 0 Å². The Morgan fingerprint density at radius 3 is 1.73 bits per heavy atom. The topological polar surface area (TPSA) is 29.5 Å². The molecule has 0 N–H and O–H groups in total. The Kier molecular flexibility index (Phi) is 7.17.